The Bertz CT molecular complexity index is 64.9. The average Bonchev–Trinajstić information content (AvgIpc) is 1.62. The van der Waals surface area contributed by atoms with Crippen LogP contribution in [-0.2, 0) is 0 Å². The summed E-state index contributed by atoms with van der Waals surface area (Å²) in [6.45, 7) is 0.851. The molecular weight excluding hydrogens is 112 g/mol. The van der Waals surface area contributed by atoms with Crippen molar-refractivity contribution in [2.24, 2.45) is 5.92 Å². The van der Waals surface area contributed by atoms with Crippen LogP contribution < -0.4 is 0 Å². The number of aliphatic hydroxyl groups excluding tert-OH is 1. The van der Waals surface area contributed by atoms with E-state index in [4.69, 9.17) is 20.4 Å². The van der Waals surface area contributed by atoms with Crippen molar-refractivity contribution in [1.82, 2.24) is 0 Å². The van der Waals surface area contributed by atoms with Gasteiger partial charge in [0.25, 0.3) is 5.97 Å². The van der Waals surface area contributed by atoms with Gasteiger partial charge in [-0.3, -0.25) is 0 Å². The van der Waals surface area contributed by atoms with E-state index in [9.17, 15) is 0 Å². The van der Waals surface area contributed by atoms with Crippen molar-refractivity contribution in [3.63, 3.8) is 0 Å². The Morgan fingerprint density at radius 1 is 1.38 bits per heavy atom. The van der Waals surface area contributed by atoms with Gasteiger partial charge in [-0.2, -0.15) is 0 Å². The molecule has 0 heterocycles. The van der Waals surface area contributed by atoms with Gasteiger partial charge in [0.2, 0.25) is 0 Å². The summed E-state index contributed by atoms with van der Waals surface area (Å²) in [5.41, 5.74) is 0. The zero-order valence-electron chi connectivity index (χ0n) is 4.57. The van der Waals surface area contributed by atoms with E-state index in [1.54, 1.807) is 0 Å². The highest BCUT2D eigenvalue weighted by molar-refractivity contribution is 4.56. The predicted octanol–water partition coefficient (Wildman–Crippen LogP) is -1.75. The Morgan fingerprint density at radius 2 is 1.75 bits per heavy atom. The molecule has 0 amide bonds. The molecular formula is C4H10O4. The van der Waals surface area contributed by atoms with E-state index < -0.39 is 18.5 Å². The van der Waals surface area contributed by atoms with Gasteiger partial charge < -0.3 is 20.4 Å². The van der Waals surface area contributed by atoms with E-state index >= 15 is 0 Å². The van der Waals surface area contributed by atoms with Crippen molar-refractivity contribution in [3.05, 3.63) is 0 Å². The standard InChI is InChI=1S/C4H10O4/c1-3(2-5)4(6,7)8/h3,5-8H,2H2,1H3. The molecule has 0 aliphatic heterocycles. The maximum atomic E-state index is 8.24. The van der Waals surface area contributed by atoms with Gasteiger partial charge in [0.05, 0.1) is 12.5 Å². The lowest BCUT2D eigenvalue weighted by Gasteiger charge is -2.19. The largest absolute Gasteiger partial charge is 0.396 e. The maximum absolute atomic E-state index is 8.24. The van der Waals surface area contributed by atoms with Crippen LogP contribution in [0.1, 0.15) is 6.92 Å². The van der Waals surface area contributed by atoms with Gasteiger partial charge in [-0.25, -0.2) is 0 Å². The molecule has 0 aromatic heterocycles. The normalized spacial score (nSPS) is 16.1. The summed E-state index contributed by atoms with van der Waals surface area (Å²) in [6, 6.07) is 0. The van der Waals surface area contributed by atoms with E-state index in [1.165, 1.54) is 6.92 Å². The third-order valence-corrected chi connectivity index (χ3v) is 0.935. The van der Waals surface area contributed by atoms with Crippen molar-refractivity contribution in [1.29, 1.82) is 0 Å². The molecule has 4 nitrogen and oxygen atoms in total. The van der Waals surface area contributed by atoms with Crippen molar-refractivity contribution in [2.75, 3.05) is 6.61 Å². The monoisotopic (exact) mass is 122 g/mol. The Labute approximate surface area is 47.0 Å². The highest BCUT2D eigenvalue weighted by Crippen LogP contribution is 2.07. The van der Waals surface area contributed by atoms with Gasteiger partial charge in [-0.1, -0.05) is 6.92 Å². The summed E-state index contributed by atoms with van der Waals surface area (Å²) in [5, 5.41) is 32.9. The quantitative estimate of drug-likeness (QED) is 0.327. The molecule has 0 bridgehead atoms. The fraction of sp³-hybridized carbons (Fsp3) is 1.00. The molecule has 1 atom stereocenters. The summed E-state index contributed by atoms with van der Waals surface area (Å²) in [7, 11) is 0. The Morgan fingerprint density at radius 3 is 1.75 bits per heavy atom. The van der Waals surface area contributed by atoms with Crippen LogP contribution in [0.5, 0.6) is 0 Å². The number of aliphatic hydroxyl groups is 4. The molecule has 0 aliphatic carbocycles. The molecule has 4 heteroatoms. The van der Waals surface area contributed by atoms with E-state index in [0.717, 1.165) is 0 Å². The molecule has 8 heavy (non-hydrogen) atoms. The van der Waals surface area contributed by atoms with E-state index in [1.807, 2.05) is 0 Å². The summed E-state index contributed by atoms with van der Waals surface area (Å²) < 4.78 is 0. The lowest BCUT2D eigenvalue weighted by atomic mass is 10.1. The van der Waals surface area contributed by atoms with Crippen LogP contribution >= 0.6 is 0 Å². The Hall–Kier alpha value is -0.160. The minimum Gasteiger partial charge on any atom is -0.396 e. The molecule has 0 rings (SSSR count). The first-order valence-corrected chi connectivity index (χ1v) is 2.26. The molecule has 0 radical (unpaired) electrons. The molecule has 0 aliphatic rings. The van der Waals surface area contributed by atoms with Gasteiger partial charge in [0, 0.05) is 0 Å². The summed E-state index contributed by atoms with van der Waals surface area (Å²) in [4.78, 5) is 0. The summed E-state index contributed by atoms with van der Waals surface area (Å²) in [5.74, 6) is -3.67. The first-order chi connectivity index (χ1) is 3.48. The molecule has 0 fully saturated rings. The third-order valence-electron chi connectivity index (χ3n) is 0.935. The summed E-state index contributed by atoms with van der Waals surface area (Å²) >= 11 is 0. The molecule has 0 saturated heterocycles. The van der Waals surface area contributed by atoms with Gasteiger partial charge in [-0.05, 0) is 0 Å². The predicted molar refractivity (Wildman–Crippen MR) is 25.6 cm³/mol. The SMILES string of the molecule is CC(CO)C(O)(O)O. The van der Waals surface area contributed by atoms with Crippen LogP contribution in [0.25, 0.3) is 0 Å². The molecule has 1 unspecified atom stereocenters. The minimum atomic E-state index is -2.74. The van der Waals surface area contributed by atoms with Gasteiger partial charge >= 0.3 is 0 Å². The van der Waals surface area contributed by atoms with Crippen LogP contribution in [0.15, 0.2) is 0 Å². The average molecular weight is 122 g/mol. The molecule has 0 aromatic carbocycles. The minimum absolute atomic E-state index is 0.455. The molecule has 0 aromatic rings. The van der Waals surface area contributed by atoms with Crippen molar-refractivity contribution in [3.8, 4) is 0 Å². The van der Waals surface area contributed by atoms with Crippen LogP contribution in [0.4, 0.5) is 0 Å². The molecule has 50 valence electrons. The first-order valence-electron chi connectivity index (χ1n) is 2.26. The fourth-order valence-corrected chi connectivity index (χ4v) is 0.122. The number of hydrogen-bond donors (Lipinski definition) is 4. The second-order valence-electron chi connectivity index (χ2n) is 1.77. The second kappa shape index (κ2) is 2.41. The summed E-state index contributed by atoms with van der Waals surface area (Å²) in [6.07, 6.45) is 0. The topological polar surface area (TPSA) is 80.9 Å². The molecule has 0 spiro atoms. The molecule has 0 saturated carbocycles. The maximum Gasteiger partial charge on any atom is 0.280 e. The lowest BCUT2D eigenvalue weighted by molar-refractivity contribution is -0.342. The van der Waals surface area contributed by atoms with Crippen LogP contribution in [-0.4, -0.2) is 33.0 Å². The van der Waals surface area contributed by atoms with Gasteiger partial charge in [-0.15, -0.1) is 0 Å². The zero-order valence-corrected chi connectivity index (χ0v) is 4.57. The second-order valence-corrected chi connectivity index (χ2v) is 1.77. The lowest BCUT2D eigenvalue weighted by Crippen LogP contribution is -2.37. The number of rotatable bonds is 2. The smallest absolute Gasteiger partial charge is 0.280 e. The van der Waals surface area contributed by atoms with Crippen LogP contribution in [0.2, 0.25) is 0 Å². The van der Waals surface area contributed by atoms with E-state index in [0.29, 0.717) is 0 Å². The van der Waals surface area contributed by atoms with Crippen LogP contribution in [0.3, 0.4) is 0 Å². The van der Waals surface area contributed by atoms with Gasteiger partial charge in [0.1, 0.15) is 0 Å². The van der Waals surface area contributed by atoms with E-state index in [-0.39, 0.29) is 0 Å². The highest BCUT2D eigenvalue weighted by atomic mass is 16.7. The van der Waals surface area contributed by atoms with Crippen molar-refractivity contribution < 1.29 is 20.4 Å². The Balaban J connectivity index is 3.62. The van der Waals surface area contributed by atoms with Crippen molar-refractivity contribution in [2.45, 2.75) is 12.9 Å². The number of hydrogen-bond acceptors (Lipinski definition) is 4. The highest BCUT2D eigenvalue weighted by Gasteiger charge is 2.26. The Kier molecular flexibility index (Phi) is 2.36. The first kappa shape index (κ1) is 7.84. The third kappa shape index (κ3) is 2.23. The zero-order chi connectivity index (χ0) is 6.78. The fourth-order valence-electron chi connectivity index (χ4n) is 0.122. The molecule has 4 N–H and O–H groups in total. The van der Waals surface area contributed by atoms with Crippen molar-refractivity contribution >= 4 is 0 Å². The van der Waals surface area contributed by atoms with Crippen LogP contribution in [0, 0.1) is 5.92 Å². The van der Waals surface area contributed by atoms with Gasteiger partial charge in [0.15, 0.2) is 0 Å². The van der Waals surface area contributed by atoms with E-state index in [2.05, 4.69) is 0 Å².